The van der Waals surface area contributed by atoms with E-state index in [2.05, 4.69) is 0 Å². The third-order valence-electron chi connectivity index (χ3n) is 3.77. The summed E-state index contributed by atoms with van der Waals surface area (Å²) in [6.45, 7) is 0. The van der Waals surface area contributed by atoms with Crippen LogP contribution in [-0.4, -0.2) is 0 Å². The number of benzene rings is 3. The summed E-state index contributed by atoms with van der Waals surface area (Å²) in [6, 6.07) is 11.4. The molecule has 0 spiro atoms. The molecule has 150 valence electrons. The zero-order valence-electron chi connectivity index (χ0n) is 14.4. The molecule has 4 nitrogen and oxygen atoms in total. The molecule has 0 heterocycles. The summed E-state index contributed by atoms with van der Waals surface area (Å²) >= 11 is 24.0. The van der Waals surface area contributed by atoms with E-state index >= 15 is 8.78 Å². The van der Waals surface area contributed by atoms with Crippen LogP contribution in [0.25, 0.3) is 0 Å². The van der Waals surface area contributed by atoms with Crippen LogP contribution in [0.5, 0.6) is 23.0 Å². The van der Waals surface area contributed by atoms with Crippen molar-refractivity contribution in [1.82, 2.24) is 0 Å². The van der Waals surface area contributed by atoms with E-state index in [0.717, 1.165) is 0 Å². The number of nitriles is 2. The van der Waals surface area contributed by atoms with Crippen LogP contribution < -0.4 is 9.47 Å². The van der Waals surface area contributed by atoms with E-state index in [-0.39, 0.29) is 31.6 Å². The summed E-state index contributed by atoms with van der Waals surface area (Å²) in [4.78, 5) is 0. The lowest BCUT2D eigenvalue weighted by Crippen LogP contribution is -2.04. The lowest BCUT2D eigenvalue weighted by molar-refractivity contribution is 0.373. The smallest absolute Gasteiger partial charge is 0.210 e. The van der Waals surface area contributed by atoms with Gasteiger partial charge >= 0.3 is 0 Å². The fraction of sp³-hybridized carbons (Fsp3) is 0. The molecular formula is C20H6Cl4F2N2O2. The van der Waals surface area contributed by atoms with Crippen molar-refractivity contribution in [3.05, 3.63) is 79.3 Å². The van der Waals surface area contributed by atoms with Gasteiger partial charge in [0.15, 0.2) is 11.6 Å². The molecule has 0 unspecified atom stereocenters. The Morgan fingerprint density at radius 1 is 0.667 bits per heavy atom. The van der Waals surface area contributed by atoms with Crippen LogP contribution in [0, 0.1) is 34.3 Å². The van der Waals surface area contributed by atoms with Gasteiger partial charge < -0.3 is 9.47 Å². The summed E-state index contributed by atoms with van der Waals surface area (Å²) in [5, 5.41) is 18.4. The van der Waals surface area contributed by atoms with Gasteiger partial charge in [-0.15, -0.1) is 0 Å². The molecule has 0 aliphatic heterocycles. The van der Waals surface area contributed by atoms with Gasteiger partial charge in [-0.2, -0.15) is 10.5 Å². The van der Waals surface area contributed by atoms with Crippen LogP contribution in [0.15, 0.2) is 36.4 Å². The monoisotopic (exact) mass is 484 g/mol. The van der Waals surface area contributed by atoms with Crippen molar-refractivity contribution in [2.45, 2.75) is 0 Å². The molecule has 0 atom stereocenters. The van der Waals surface area contributed by atoms with Crippen molar-refractivity contribution >= 4 is 46.4 Å². The minimum atomic E-state index is -1.33. The fourth-order valence-electron chi connectivity index (χ4n) is 2.38. The average Bonchev–Trinajstić information content (AvgIpc) is 2.73. The van der Waals surface area contributed by atoms with Gasteiger partial charge in [-0.05, 0) is 24.3 Å². The summed E-state index contributed by atoms with van der Waals surface area (Å²) < 4.78 is 41.0. The summed E-state index contributed by atoms with van der Waals surface area (Å²) in [6.07, 6.45) is 0. The standard InChI is InChI=1S/C20H6Cl4F2N2O2/c21-11-3-1-5-13(15(11)23)29-19-17(25)9(7-27)10(8-28)18(26)20(19)30-14-6-2-4-12(22)16(14)24/h1-6H. The summed E-state index contributed by atoms with van der Waals surface area (Å²) in [5.74, 6) is -4.61. The van der Waals surface area contributed by atoms with Crippen molar-refractivity contribution in [1.29, 1.82) is 10.5 Å². The Morgan fingerprint density at radius 3 is 1.37 bits per heavy atom. The Hall–Kier alpha value is -2.74. The van der Waals surface area contributed by atoms with Crippen molar-refractivity contribution < 1.29 is 18.3 Å². The predicted octanol–water partition coefficient (Wildman–Crippen LogP) is 7.91. The molecule has 0 bridgehead atoms. The maximum absolute atomic E-state index is 15.1. The molecule has 0 aliphatic carbocycles. The van der Waals surface area contributed by atoms with Crippen molar-refractivity contribution in [2.24, 2.45) is 0 Å². The molecule has 3 aromatic rings. The Labute approximate surface area is 189 Å². The van der Waals surface area contributed by atoms with Crippen LogP contribution in [0.3, 0.4) is 0 Å². The van der Waals surface area contributed by atoms with Gasteiger partial charge in [-0.25, -0.2) is 8.78 Å². The van der Waals surface area contributed by atoms with Crippen molar-refractivity contribution in [2.75, 3.05) is 0 Å². The minimum absolute atomic E-state index is 0.0875. The molecule has 0 saturated carbocycles. The third-order valence-corrected chi connectivity index (χ3v) is 5.38. The first-order chi connectivity index (χ1) is 14.3. The Balaban J connectivity index is 2.27. The van der Waals surface area contributed by atoms with Crippen LogP contribution in [0.2, 0.25) is 20.1 Å². The maximum Gasteiger partial charge on any atom is 0.210 e. The normalized spacial score (nSPS) is 10.3. The SMILES string of the molecule is N#Cc1c(F)c(Oc2cccc(Cl)c2Cl)c(Oc2cccc(Cl)c2Cl)c(F)c1C#N. The van der Waals surface area contributed by atoms with Crippen LogP contribution in [0.4, 0.5) is 8.78 Å². The van der Waals surface area contributed by atoms with E-state index in [1.165, 1.54) is 48.5 Å². The van der Waals surface area contributed by atoms with E-state index in [0.29, 0.717) is 0 Å². The molecule has 3 rings (SSSR count). The number of hydrogen-bond donors (Lipinski definition) is 0. The first-order valence-corrected chi connectivity index (χ1v) is 9.40. The third kappa shape index (κ3) is 3.96. The van der Waals surface area contributed by atoms with Gasteiger partial charge in [0.25, 0.3) is 0 Å². The van der Waals surface area contributed by atoms with Gasteiger partial charge in [0.1, 0.15) is 44.8 Å². The Bertz CT molecular complexity index is 1160. The second-order valence-electron chi connectivity index (χ2n) is 5.57. The lowest BCUT2D eigenvalue weighted by atomic mass is 10.1. The Morgan fingerprint density at radius 2 is 1.03 bits per heavy atom. The second kappa shape index (κ2) is 8.95. The van der Waals surface area contributed by atoms with E-state index in [1.54, 1.807) is 0 Å². The first-order valence-electron chi connectivity index (χ1n) is 7.89. The molecule has 10 heteroatoms. The number of rotatable bonds is 4. The molecule has 3 aromatic carbocycles. The van der Waals surface area contributed by atoms with Crippen molar-refractivity contribution in [3.8, 4) is 35.1 Å². The van der Waals surface area contributed by atoms with Crippen molar-refractivity contribution in [3.63, 3.8) is 0 Å². The molecular weight excluding hydrogens is 480 g/mol. The van der Waals surface area contributed by atoms with E-state index in [1.807, 2.05) is 0 Å². The Kier molecular flexibility index (Phi) is 6.55. The molecule has 0 aromatic heterocycles. The highest BCUT2D eigenvalue weighted by molar-refractivity contribution is 6.43. The largest absolute Gasteiger partial charge is 0.449 e. The number of nitrogens with zero attached hydrogens (tertiary/aromatic N) is 2. The van der Waals surface area contributed by atoms with Gasteiger partial charge in [-0.1, -0.05) is 58.5 Å². The highest BCUT2D eigenvalue weighted by Gasteiger charge is 2.29. The maximum atomic E-state index is 15.1. The molecule has 0 amide bonds. The van der Waals surface area contributed by atoms with E-state index in [4.69, 9.17) is 55.9 Å². The van der Waals surface area contributed by atoms with E-state index < -0.39 is 34.3 Å². The summed E-state index contributed by atoms with van der Waals surface area (Å²) in [5.41, 5.74) is -1.74. The van der Waals surface area contributed by atoms with Gasteiger partial charge in [0.05, 0.1) is 10.0 Å². The molecule has 30 heavy (non-hydrogen) atoms. The predicted molar refractivity (Wildman–Crippen MR) is 109 cm³/mol. The van der Waals surface area contributed by atoms with Gasteiger partial charge in [-0.3, -0.25) is 0 Å². The first kappa shape index (κ1) is 22.0. The van der Waals surface area contributed by atoms with Gasteiger partial charge in [0.2, 0.25) is 11.5 Å². The minimum Gasteiger partial charge on any atom is -0.449 e. The zero-order chi connectivity index (χ0) is 22.0. The van der Waals surface area contributed by atoms with Crippen LogP contribution >= 0.6 is 46.4 Å². The van der Waals surface area contributed by atoms with Crippen LogP contribution in [0.1, 0.15) is 11.1 Å². The number of hydrogen-bond acceptors (Lipinski definition) is 4. The molecule has 0 saturated heterocycles. The summed E-state index contributed by atoms with van der Waals surface area (Å²) in [7, 11) is 0. The highest BCUT2D eigenvalue weighted by Crippen LogP contribution is 2.46. The zero-order valence-corrected chi connectivity index (χ0v) is 17.5. The topological polar surface area (TPSA) is 66.0 Å². The lowest BCUT2D eigenvalue weighted by Gasteiger charge is -2.17. The van der Waals surface area contributed by atoms with E-state index in [9.17, 15) is 10.5 Å². The average molecular weight is 486 g/mol. The fourth-order valence-corrected chi connectivity index (χ4v) is 3.04. The molecule has 0 radical (unpaired) electrons. The number of ether oxygens (including phenoxy) is 2. The number of halogens is 6. The molecule has 0 aliphatic rings. The second-order valence-corrected chi connectivity index (χ2v) is 7.14. The van der Waals surface area contributed by atoms with Crippen LogP contribution in [-0.2, 0) is 0 Å². The molecule has 0 N–H and O–H groups in total. The molecule has 0 fully saturated rings. The van der Waals surface area contributed by atoms with Gasteiger partial charge in [0, 0.05) is 0 Å². The quantitative estimate of drug-likeness (QED) is 0.376. The highest BCUT2D eigenvalue weighted by atomic mass is 35.5.